The predicted molar refractivity (Wildman–Crippen MR) is 79.0 cm³/mol. The van der Waals surface area contributed by atoms with Crippen LogP contribution >= 0.6 is 0 Å². The Bertz CT molecular complexity index is 571. The van der Waals surface area contributed by atoms with Crippen LogP contribution in [0.4, 0.5) is 5.82 Å². The van der Waals surface area contributed by atoms with Crippen LogP contribution in [0, 0.1) is 0 Å². The van der Waals surface area contributed by atoms with Gasteiger partial charge < -0.3 is 10.7 Å². The van der Waals surface area contributed by atoms with Crippen molar-refractivity contribution >= 4 is 11.7 Å². The molecule has 0 saturated carbocycles. The number of carbonyl (C=O) groups excluding carboxylic acids is 1. The van der Waals surface area contributed by atoms with Crippen molar-refractivity contribution in [2.24, 2.45) is 5.84 Å². The van der Waals surface area contributed by atoms with Crippen LogP contribution in [0.25, 0.3) is 0 Å². The highest BCUT2D eigenvalue weighted by atomic mass is 16.1. The van der Waals surface area contributed by atoms with Crippen molar-refractivity contribution in [3.8, 4) is 0 Å². The van der Waals surface area contributed by atoms with Crippen LogP contribution < -0.4 is 16.6 Å². The molecule has 0 bridgehead atoms. The van der Waals surface area contributed by atoms with Crippen LogP contribution in [-0.4, -0.2) is 10.9 Å². The smallest absolute Gasteiger partial charge is 0.255 e. The van der Waals surface area contributed by atoms with E-state index in [-0.39, 0.29) is 11.9 Å². The highest BCUT2D eigenvalue weighted by molar-refractivity contribution is 5.98. The summed E-state index contributed by atoms with van der Waals surface area (Å²) in [5.41, 5.74) is 3.95. The van der Waals surface area contributed by atoms with E-state index in [0.29, 0.717) is 11.4 Å². The lowest BCUT2D eigenvalue weighted by Crippen LogP contribution is -2.29. The molecule has 0 radical (unpaired) electrons. The summed E-state index contributed by atoms with van der Waals surface area (Å²) in [6, 6.07) is 13.2. The Morgan fingerprint density at radius 2 is 2.00 bits per heavy atom. The van der Waals surface area contributed by atoms with Gasteiger partial charge in [-0.3, -0.25) is 4.79 Å². The maximum absolute atomic E-state index is 12.3. The van der Waals surface area contributed by atoms with Crippen molar-refractivity contribution in [1.82, 2.24) is 10.3 Å². The quantitative estimate of drug-likeness (QED) is 0.575. The third kappa shape index (κ3) is 3.13. The van der Waals surface area contributed by atoms with Crippen molar-refractivity contribution in [2.45, 2.75) is 19.4 Å². The lowest BCUT2D eigenvalue weighted by atomic mass is 10.0. The van der Waals surface area contributed by atoms with E-state index in [0.717, 1.165) is 12.0 Å². The van der Waals surface area contributed by atoms with Crippen LogP contribution in [0.3, 0.4) is 0 Å². The van der Waals surface area contributed by atoms with Gasteiger partial charge in [-0.05, 0) is 24.1 Å². The number of benzene rings is 1. The fraction of sp³-hybridized carbons (Fsp3) is 0.200. The lowest BCUT2D eigenvalue weighted by Gasteiger charge is -2.18. The summed E-state index contributed by atoms with van der Waals surface area (Å²) in [7, 11) is 0. The molecule has 0 aliphatic rings. The molecular formula is C15H18N4O. The number of nitrogens with zero attached hydrogens (tertiary/aromatic N) is 1. The molecule has 1 heterocycles. The number of nitrogens with one attached hydrogen (secondary N) is 2. The number of hydrogen-bond acceptors (Lipinski definition) is 4. The van der Waals surface area contributed by atoms with Crippen LogP contribution in [0.5, 0.6) is 0 Å². The molecule has 1 unspecified atom stereocenters. The predicted octanol–water partition coefficient (Wildman–Crippen LogP) is 2.25. The Hall–Kier alpha value is -2.40. The summed E-state index contributed by atoms with van der Waals surface area (Å²) in [6.45, 7) is 2.03. The van der Waals surface area contributed by atoms with Gasteiger partial charge in [0.25, 0.3) is 5.91 Å². The number of pyridine rings is 1. The minimum absolute atomic E-state index is 0.0328. The molecule has 1 amide bonds. The molecular weight excluding hydrogens is 252 g/mol. The van der Waals surface area contributed by atoms with Gasteiger partial charge in [0.15, 0.2) is 5.82 Å². The standard InChI is InChI=1S/C15H18N4O/c1-2-13(11-7-4-3-5-8-11)18-15(20)12-9-6-10-17-14(12)19-16/h3-10,13H,2,16H2,1H3,(H,17,19)(H,18,20). The van der Waals surface area contributed by atoms with Crippen molar-refractivity contribution in [2.75, 3.05) is 5.43 Å². The number of hydrogen-bond donors (Lipinski definition) is 3. The summed E-state index contributed by atoms with van der Waals surface area (Å²) in [5, 5.41) is 3.00. The zero-order valence-corrected chi connectivity index (χ0v) is 11.3. The van der Waals surface area contributed by atoms with Crippen molar-refractivity contribution in [3.63, 3.8) is 0 Å². The van der Waals surface area contributed by atoms with Gasteiger partial charge in [0.05, 0.1) is 11.6 Å². The Labute approximate surface area is 118 Å². The van der Waals surface area contributed by atoms with Crippen molar-refractivity contribution < 1.29 is 4.79 Å². The van der Waals surface area contributed by atoms with E-state index in [2.05, 4.69) is 15.7 Å². The minimum atomic E-state index is -0.193. The molecule has 0 aliphatic carbocycles. The molecule has 5 heteroatoms. The number of hydrazine groups is 1. The molecule has 0 saturated heterocycles. The van der Waals surface area contributed by atoms with E-state index < -0.39 is 0 Å². The molecule has 5 nitrogen and oxygen atoms in total. The maximum Gasteiger partial charge on any atom is 0.255 e. The lowest BCUT2D eigenvalue weighted by molar-refractivity contribution is 0.0936. The molecule has 4 N–H and O–H groups in total. The Balaban J connectivity index is 2.18. The first-order valence-electron chi connectivity index (χ1n) is 6.53. The summed E-state index contributed by atoms with van der Waals surface area (Å²) in [4.78, 5) is 16.3. The molecule has 1 atom stereocenters. The third-order valence-electron chi connectivity index (χ3n) is 3.10. The molecule has 2 rings (SSSR count). The van der Waals surface area contributed by atoms with E-state index in [9.17, 15) is 4.79 Å². The van der Waals surface area contributed by atoms with Crippen LogP contribution in [-0.2, 0) is 0 Å². The van der Waals surface area contributed by atoms with Crippen molar-refractivity contribution in [3.05, 3.63) is 59.8 Å². The molecule has 2 aromatic rings. The summed E-state index contributed by atoms with van der Waals surface area (Å²) in [6.07, 6.45) is 2.39. The molecule has 20 heavy (non-hydrogen) atoms. The molecule has 0 spiro atoms. The molecule has 1 aromatic heterocycles. The first-order valence-corrected chi connectivity index (χ1v) is 6.53. The topological polar surface area (TPSA) is 80.0 Å². The highest BCUT2D eigenvalue weighted by Crippen LogP contribution is 2.18. The molecule has 1 aromatic carbocycles. The zero-order chi connectivity index (χ0) is 14.4. The fourth-order valence-electron chi connectivity index (χ4n) is 2.05. The summed E-state index contributed by atoms with van der Waals surface area (Å²) in [5.74, 6) is 5.55. The first kappa shape index (κ1) is 14.0. The summed E-state index contributed by atoms with van der Waals surface area (Å²) < 4.78 is 0. The van der Waals surface area contributed by atoms with Crippen LogP contribution in [0.15, 0.2) is 48.7 Å². The second kappa shape index (κ2) is 6.68. The van der Waals surface area contributed by atoms with Gasteiger partial charge in [0.1, 0.15) is 0 Å². The molecule has 0 fully saturated rings. The van der Waals surface area contributed by atoms with E-state index in [1.54, 1.807) is 18.3 Å². The van der Waals surface area contributed by atoms with Gasteiger partial charge in [0, 0.05) is 6.20 Å². The number of carbonyl (C=O) groups is 1. The van der Waals surface area contributed by atoms with Crippen LogP contribution in [0.1, 0.15) is 35.3 Å². The average molecular weight is 270 g/mol. The van der Waals surface area contributed by atoms with Gasteiger partial charge in [-0.15, -0.1) is 0 Å². The van der Waals surface area contributed by atoms with Gasteiger partial charge in [0.2, 0.25) is 0 Å². The zero-order valence-electron chi connectivity index (χ0n) is 11.3. The first-order chi connectivity index (χ1) is 9.76. The molecule has 0 aliphatic heterocycles. The van der Waals surface area contributed by atoms with Crippen LogP contribution in [0.2, 0.25) is 0 Å². The van der Waals surface area contributed by atoms with Gasteiger partial charge in [-0.25, -0.2) is 10.8 Å². The number of amides is 1. The third-order valence-corrected chi connectivity index (χ3v) is 3.10. The Morgan fingerprint density at radius 3 is 2.65 bits per heavy atom. The maximum atomic E-state index is 12.3. The highest BCUT2D eigenvalue weighted by Gasteiger charge is 2.16. The van der Waals surface area contributed by atoms with Gasteiger partial charge in [-0.2, -0.15) is 0 Å². The Morgan fingerprint density at radius 1 is 1.25 bits per heavy atom. The number of nitrogens with two attached hydrogens (primary N) is 1. The van der Waals surface area contributed by atoms with E-state index in [1.807, 2.05) is 37.3 Å². The average Bonchev–Trinajstić information content (AvgIpc) is 2.53. The minimum Gasteiger partial charge on any atom is -0.345 e. The molecule has 104 valence electrons. The number of aromatic nitrogens is 1. The summed E-state index contributed by atoms with van der Waals surface area (Å²) >= 11 is 0. The SMILES string of the molecule is CCC(NC(=O)c1cccnc1NN)c1ccccc1. The second-order valence-corrected chi connectivity index (χ2v) is 4.39. The normalized spacial score (nSPS) is 11.7. The fourth-order valence-corrected chi connectivity index (χ4v) is 2.05. The Kier molecular flexibility index (Phi) is 4.68. The van der Waals surface area contributed by atoms with E-state index in [4.69, 9.17) is 5.84 Å². The largest absolute Gasteiger partial charge is 0.345 e. The van der Waals surface area contributed by atoms with Crippen molar-refractivity contribution in [1.29, 1.82) is 0 Å². The monoisotopic (exact) mass is 270 g/mol. The number of anilines is 1. The number of nitrogen functional groups attached to an aromatic ring is 1. The van der Waals surface area contributed by atoms with Gasteiger partial charge in [-0.1, -0.05) is 37.3 Å². The second-order valence-electron chi connectivity index (χ2n) is 4.39. The van der Waals surface area contributed by atoms with E-state index in [1.165, 1.54) is 0 Å². The van der Waals surface area contributed by atoms with E-state index >= 15 is 0 Å². The number of rotatable bonds is 5. The van der Waals surface area contributed by atoms with Gasteiger partial charge >= 0.3 is 0 Å².